The van der Waals surface area contributed by atoms with Crippen molar-refractivity contribution < 1.29 is 0 Å². The van der Waals surface area contributed by atoms with Crippen molar-refractivity contribution in [3.63, 3.8) is 0 Å². The highest BCUT2D eigenvalue weighted by Crippen LogP contribution is 2.14. The molecular weight excluding hydrogens is 184 g/mol. The van der Waals surface area contributed by atoms with Crippen molar-refractivity contribution in [3.8, 4) is 0 Å². The van der Waals surface area contributed by atoms with E-state index in [9.17, 15) is 0 Å². The predicted octanol–water partition coefficient (Wildman–Crippen LogP) is 2.64. The van der Waals surface area contributed by atoms with Crippen LogP contribution in [0.1, 0.15) is 52.4 Å². The first kappa shape index (κ1) is 13.0. The SMILES string of the molecule is CCCCCCC(C)N(C)C1CCNC1. The van der Waals surface area contributed by atoms with Gasteiger partial charge in [0.25, 0.3) is 0 Å². The van der Waals surface area contributed by atoms with E-state index in [1.807, 2.05) is 0 Å². The van der Waals surface area contributed by atoms with Crippen LogP contribution in [-0.4, -0.2) is 37.1 Å². The summed E-state index contributed by atoms with van der Waals surface area (Å²) in [7, 11) is 2.29. The first-order valence-corrected chi connectivity index (χ1v) is 6.68. The van der Waals surface area contributed by atoms with Crippen LogP contribution in [0, 0.1) is 0 Å². The number of likely N-dealkylation sites (N-methyl/N-ethyl adjacent to an activating group) is 1. The second-order valence-electron chi connectivity index (χ2n) is 5.01. The highest BCUT2D eigenvalue weighted by molar-refractivity contribution is 4.81. The Hall–Kier alpha value is -0.0800. The van der Waals surface area contributed by atoms with Gasteiger partial charge in [-0.3, -0.25) is 4.90 Å². The second kappa shape index (κ2) is 7.24. The number of nitrogens with zero attached hydrogens (tertiary/aromatic N) is 1. The zero-order valence-corrected chi connectivity index (χ0v) is 10.8. The quantitative estimate of drug-likeness (QED) is 0.653. The third kappa shape index (κ3) is 4.52. The van der Waals surface area contributed by atoms with Crippen LogP contribution in [0.15, 0.2) is 0 Å². The van der Waals surface area contributed by atoms with Crippen molar-refractivity contribution in [1.29, 1.82) is 0 Å². The minimum Gasteiger partial charge on any atom is -0.315 e. The third-order valence-electron chi connectivity index (χ3n) is 3.78. The van der Waals surface area contributed by atoms with Gasteiger partial charge in [-0.2, -0.15) is 0 Å². The minimum atomic E-state index is 0.756. The molecule has 0 amide bonds. The lowest BCUT2D eigenvalue weighted by molar-refractivity contribution is 0.184. The molecule has 0 radical (unpaired) electrons. The van der Waals surface area contributed by atoms with E-state index in [0.29, 0.717) is 0 Å². The van der Waals surface area contributed by atoms with Gasteiger partial charge in [0.15, 0.2) is 0 Å². The molecule has 1 aliphatic heterocycles. The van der Waals surface area contributed by atoms with Crippen LogP contribution in [0.25, 0.3) is 0 Å². The van der Waals surface area contributed by atoms with Gasteiger partial charge in [-0.15, -0.1) is 0 Å². The summed E-state index contributed by atoms with van der Waals surface area (Å²) in [6.45, 7) is 7.05. The van der Waals surface area contributed by atoms with Crippen LogP contribution in [0.2, 0.25) is 0 Å². The first-order valence-electron chi connectivity index (χ1n) is 6.68. The molecule has 0 aromatic carbocycles. The molecule has 2 nitrogen and oxygen atoms in total. The molecule has 0 saturated carbocycles. The molecule has 0 aromatic rings. The smallest absolute Gasteiger partial charge is 0.0232 e. The van der Waals surface area contributed by atoms with Crippen molar-refractivity contribution in [2.24, 2.45) is 0 Å². The molecule has 0 aliphatic carbocycles. The van der Waals surface area contributed by atoms with Gasteiger partial charge in [0.1, 0.15) is 0 Å². The summed E-state index contributed by atoms with van der Waals surface area (Å²) in [4.78, 5) is 2.58. The zero-order chi connectivity index (χ0) is 11.1. The topological polar surface area (TPSA) is 15.3 Å². The van der Waals surface area contributed by atoms with E-state index in [2.05, 4.69) is 31.1 Å². The fourth-order valence-corrected chi connectivity index (χ4v) is 2.42. The Morgan fingerprint density at radius 1 is 1.33 bits per heavy atom. The third-order valence-corrected chi connectivity index (χ3v) is 3.78. The lowest BCUT2D eigenvalue weighted by Gasteiger charge is -2.30. The first-order chi connectivity index (χ1) is 7.25. The minimum absolute atomic E-state index is 0.756. The fraction of sp³-hybridized carbons (Fsp3) is 1.00. The van der Waals surface area contributed by atoms with E-state index in [1.54, 1.807) is 0 Å². The summed E-state index contributed by atoms with van der Waals surface area (Å²) < 4.78 is 0. The standard InChI is InChI=1S/C13H28N2/c1-4-5-6-7-8-12(2)15(3)13-9-10-14-11-13/h12-14H,4-11H2,1-3H3. The molecule has 0 spiro atoms. The monoisotopic (exact) mass is 212 g/mol. The van der Waals surface area contributed by atoms with E-state index in [1.165, 1.54) is 51.6 Å². The van der Waals surface area contributed by atoms with Gasteiger partial charge in [-0.25, -0.2) is 0 Å². The summed E-state index contributed by atoms with van der Waals surface area (Å²) in [6, 6.07) is 1.54. The van der Waals surface area contributed by atoms with E-state index in [0.717, 1.165) is 12.1 Å². The molecule has 90 valence electrons. The van der Waals surface area contributed by atoms with Crippen molar-refractivity contribution in [2.75, 3.05) is 20.1 Å². The molecule has 1 heterocycles. The molecule has 0 aromatic heterocycles. The van der Waals surface area contributed by atoms with Crippen LogP contribution in [0.4, 0.5) is 0 Å². The normalized spacial score (nSPS) is 23.6. The molecule has 2 heteroatoms. The van der Waals surface area contributed by atoms with Crippen LogP contribution in [0.3, 0.4) is 0 Å². The van der Waals surface area contributed by atoms with Gasteiger partial charge in [-0.1, -0.05) is 32.6 Å². The van der Waals surface area contributed by atoms with Crippen molar-refractivity contribution in [3.05, 3.63) is 0 Å². The Balaban J connectivity index is 2.11. The Morgan fingerprint density at radius 3 is 2.73 bits per heavy atom. The molecule has 2 atom stereocenters. The summed E-state index contributed by atoms with van der Waals surface area (Å²) in [5, 5.41) is 3.44. The molecule has 1 aliphatic rings. The van der Waals surface area contributed by atoms with E-state index in [4.69, 9.17) is 0 Å². The summed E-state index contributed by atoms with van der Waals surface area (Å²) in [5.41, 5.74) is 0. The van der Waals surface area contributed by atoms with Gasteiger partial charge in [0.2, 0.25) is 0 Å². The molecule has 1 saturated heterocycles. The molecule has 15 heavy (non-hydrogen) atoms. The molecule has 1 fully saturated rings. The van der Waals surface area contributed by atoms with E-state index in [-0.39, 0.29) is 0 Å². The van der Waals surface area contributed by atoms with Gasteiger partial charge in [-0.05, 0) is 33.4 Å². The number of rotatable bonds is 7. The summed E-state index contributed by atoms with van der Waals surface area (Å²) >= 11 is 0. The van der Waals surface area contributed by atoms with Crippen molar-refractivity contribution in [2.45, 2.75) is 64.5 Å². The van der Waals surface area contributed by atoms with Crippen molar-refractivity contribution in [1.82, 2.24) is 10.2 Å². The van der Waals surface area contributed by atoms with Crippen molar-refractivity contribution >= 4 is 0 Å². The van der Waals surface area contributed by atoms with E-state index >= 15 is 0 Å². The maximum Gasteiger partial charge on any atom is 0.0232 e. The Bertz CT molecular complexity index is 153. The molecule has 2 unspecified atom stereocenters. The maximum absolute atomic E-state index is 3.44. The van der Waals surface area contributed by atoms with Crippen LogP contribution in [0.5, 0.6) is 0 Å². The largest absolute Gasteiger partial charge is 0.315 e. The molecule has 1 N–H and O–H groups in total. The van der Waals surface area contributed by atoms with Crippen LogP contribution >= 0.6 is 0 Å². The van der Waals surface area contributed by atoms with Crippen LogP contribution < -0.4 is 5.32 Å². The fourth-order valence-electron chi connectivity index (χ4n) is 2.42. The summed E-state index contributed by atoms with van der Waals surface area (Å²) in [5.74, 6) is 0. The number of hydrogen-bond donors (Lipinski definition) is 1. The zero-order valence-electron chi connectivity index (χ0n) is 10.8. The van der Waals surface area contributed by atoms with Gasteiger partial charge in [0, 0.05) is 18.6 Å². The maximum atomic E-state index is 3.44. The Labute approximate surface area is 95.4 Å². The molecule has 1 rings (SSSR count). The van der Waals surface area contributed by atoms with Gasteiger partial charge in [0.05, 0.1) is 0 Å². The molecular formula is C13H28N2. The lowest BCUT2D eigenvalue weighted by atomic mass is 10.1. The lowest BCUT2D eigenvalue weighted by Crippen LogP contribution is -2.39. The average Bonchev–Trinajstić information content (AvgIpc) is 2.76. The second-order valence-corrected chi connectivity index (χ2v) is 5.01. The number of nitrogens with one attached hydrogen (secondary N) is 1. The highest BCUT2D eigenvalue weighted by atomic mass is 15.2. The average molecular weight is 212 g/mol. The number of unbranched alkanes of at least 4 members (excludes halogenated alkanes) is 3. The predicted molar refractivity (Wildman–Crippen MR) is 67.3 cm³/mol. The van der Waals surface area contributed by atoms with Gasteiger partial charge >= 0.3 is 0 Å². The van der Waals surface area contributed by atoms with Crippen LogP contribution in [-0.2, 0) is 0 Å². The molecule has 0 bridgehead atoms. The summed E-state index contributed by atoms with van der Waals surface area (Å²) in [6.07, 6.45) is 8.26. The van der Waals surface area contributed by atoms with E-state index < -0.39 is 0 Å². The van der Waals surface area contributed by atoms with Gasteiger partial charge < -0.3 is 5.32 Å². The Morgan fingerprint density at radius 2 is 2.13 bits per heavy atom. The highest BCUT2D eigenvalue weighted by Gasteiger charge is 2.22. The number of hydrogen-bond acceptors (Lipinski definition) is 2. The Kier molecular flexibility index (Phi) is 6.26.